The number of hydrogen-bond acceptors (Lipinski definition) is 2. The van der Waals surface area contributed by atoms with Crippen molar-refractivity contribution in [3.05, 3.63) is 46.8 Å². The maximum atomic E-state index is 8.67. The predicted molar refractivity (Wildman–Crippen MR) is 67.1 cm³/mol. The summed E-state index contributed by atoms with van der Waals surface area (Å²) >= 11 is 0. The monoisotopic (exact) mass is 225 g/mol. The van der Waals surface area contributed by atoms with E-state index in [2.05, 4.69) is 43.2 Å². The van der Waals surface area contributed by atoms with E-state index in [9.17, 15) is 0 Å². The molecule has 3 heteroatoms. The lowest BCUT2D eigenvalue weighted by Gasteiger charge is -2.07. The average Bonchev–Trinajstić information content (AvgIpc) is 2.64. The minimum atomic E-state index is 0.360. The van der Waals surface area contributed by atoms with Gasteiger partial charge >= 0.3 is 0 Å². The van der Waals surface area contributed by atoms with Gasteiger partial charge in [0.25, 0.3) is 0 Å². The molecule has 1 aromatic heterocycles. The third kappa shape index (κ3) is 2.21. The van der Waals surface area contributed by atoms with Crippen LogP contribution in [0.4, 0.5) is 0 Å². The molecule has 0 saturated carbocycles. The van der Waals surface area contributed by atoms with Crippen molar-refractivity contribution in [3.63, 3.8) is 0 Å². The molecule has 0 saturated heterocycles. The van der Waals surface area contributed by atoms with Gasteiger partial charge in [-0.1, -0.05) is 6.07 Å². The van der Waals surface area contributed by atoms with Crippen molar-refractivity contribution in [2.45, 2.75) is 27.2 Å². The van der Waals surface area contributed by atoms with Crippen LogP contribution in [0.2, 0.25) is 0 Å². The second kappa shape index (κ2) is 4.42. The van der Waals surface area contributed by atoms with Crippen LogP contribution >= 0.6 is 0 Å². The highest BCUT2D eigenvalue weighted by atomic mass is 15.3. The molecule has 86 valence electrons. The van der Waals surface area contributed by atoms with Gasteiger partial charge in [-0.05, 0) is 50.1 Å². The Morgan fingerprint density at radius 3 is 2.59 bits per heavy atom. The molecule has 1 heterocycles. The summed E-state index contributed by atoms with van der Waals surface area (Å²) in [6.45, 7) is 6.19. The molecule has 0 N–H and O–H groups in total. The number of hydrogen-bond donors (Lipinski definition) is 0. The van der Waals surface area contributed by atoms with E-state index in [0.29, 0.717) is 6.42 Å². The Kier molecular flexibility index (Phi) is 2.97. The first-order valence-electron chi connectivity index (χ1n) is 5.62. The van der Waals surface area contributed by atoms with Crippen LogP contribution in [0.1, 0.15) is 22.5 Å². The minimum absolute atomic E-state index is 0.360. The summed E-state index contributed by atoms with van der Waals surface area (Å²) in [5.74, 6) is 0. The SMILES string of the molecule is Cc1ccc(-n2nc(CC#N)cc2C)cc1C. The van der Waals surface area contributed by atoms with E-state index in [1.165, 1.54) is 11.1 Å². The van der Waals surface area contributed by atoms with Gasteiger partial charge in [0.2, 0.25) is 0 Å². The van der Waals surface area contributed by atoms with Crippen molar-refractivity contribution in [1.29, 1.82) is 5.26 Å². The molecule has 0 bridgehead atoms. The van der Waals surface area contributed by atoms with Crippen LogP contribution in [0.5, 0.6) is 0 Å². The Bertz CT molecular complexity index is 588. The van der Waals surface area contributed by atoms with E-state index < -0.39 is 0 Å². The largest absolute Gasteiger partial charge is 0.238 e. The summed E-state index contributed by atoms with van der Waals surface area (Å²) in [6.07, 6.45) is 0.360. The van der Waals surface area contributed by atoms with E-state index in [-0.39, 0.29) is 0 Å². The summed E-state index contributed by atoms with van der Waals surface area (Å²) in [5.41, 5.74) is 5.45. The van der Waals surface area contributed by atoms with Crippen LogP contribution < -0.4 is 0 Å². The number of nitriles is 1. The summed E-state index contributed by atoms with van der Waals surface area (Å²) in [6, 6.07) is 10.3. The quantitative estimate of drug-likeness (QED) is 0.788. The van der Waals surface area contributed by atoms with E-state index >= 15 is 0 Å². The van der Waals surface area contributed by atoms with Gasteiger partial charge in [0.15, 0.2) is 0 Å². The number of rotatable bonds is 2. The first kappa shape index (κ1) is 11.4. The molecular weight excluding hydrogens is 210 g/mol. The zero-order valence-corrected chi connectivity index (χ0v) is 10.4. The number of aryl methyl sites for hydroxylation is 3. The fourth-order valence-corrected chi connectivity index (χ4v) is 1.82. The van der Waals surface area contributed by atoms with Gasteiger partial charge < -0.3 is 0 Å². The van der Waals surface area contributed by atoms with Crippen molar-refractivity contribution in [2.75, 3.05) is 0 Å². The van der Waals surface area contributed by atoms with Crippen molar-refractivity contribution in [1.82, 2.24) is 9.78 Å². The van der Waals surface area contributed by atoms with Gasteiger partial charge in [0.1, 0.15) is 0 Å². The number of aromatic nitrogens is 2. The first-order chi connectivity index (χ1) is 8.11. The van der Waals surface area contributed by atoms with Gasteiger partial charge in [-0.3, -0.25) is 0 Å². The van der Waals surface area contributed by atoms with Crippen LogP contribution in [0.15, 0.2) is 24.3 Å². The van der Waals surface area contributed by atoms with Crippen molar-refractivity contribution in [3.8, 4) is 11.8 Å². The van der Waals surface area contributed by atoms with Crippen LogP contribution in [-0.4, -0.2) is 9.78 Å². The van der Waals surface area contributed by atoms with E-state index in [0.717, 1.165) is 17.1 Å². The highest BCUT2D eigenvalue weighted by Crippen LogP contribution is 2.16. The molecule has 0 radical (unpaired) electrons. The van der Waals surface area contributed by atoms with Crippen molar-refractivity contribution < 1.29 is 0 Å². The smallest absolute Gasteiger partial charge is 0.0793 e. The first-order valence-corrected chi connectivity index (χ1v) is 5.62. The lowest BCUT2D eigenvalue weighted by atomic mass is 10.1. The molecule has 1 aromatic carbocycles. The highest BCUT2D eigenvalue weighted by Gasteiger charge is 2.06. The topological polar surface area (TPSA) is 41.6 Å². The lowest BCUT2D eigenvalue weighted by molar-refractivity contribution is 0.825. The average molecular weight is 225 g/mol. The molecule has 17 heavy (non-hydrogen) atoms. The van der Waals surface area contributed by atoms with Gasteiger partial charge in [-0.2, -0.15) is 10.4 Å². The molecule has 0 aliphatic carbocycles. The molecule has 0 unspecified atom stereocenters. The van der Waals surface area contributed by atoms with Crippen molar-refractivity contribution in [2.24, 2.45) is 0 Å². The maximum Gasteiger partial charge on any atom is 0.0793 e. The zero-order chi connectivity index (χ0) is 12.4. The normalized spacial score (nSPS) is 10.2. The van der Waals surface area contributed by atoms with E-state index in [1.54, 1.807) is 0 Å². The summed E-state index contributed by atoms with van der Waals surface area (Å²) in [4.78, 5) is 0. The Balaban J connectivity index is 2.46. The second-order valence-electron chi connectivity index (χ2n) is 4.29. The summed E-state index contributed by atoms with van der Waals surface area (Å²) in [7, 11) is 0. The number of nitrogens with zero attached hydrogens (tertiary/aromatic N) is 3. The standard InChI is InChI=1S/C14H15N3/c1-10-4-5-14(8-11(10)2)17-12(3)9-13(16-17)6-7-15/h4-5,8-9H,6H2,1-3H3. The minimum Gasteiger partial charge on any atom is -0.238 e. The molecule has 0 spiro atoms. The van der Waals surface area contributed by atoms with E-state index in [1.807, 2.05) is 17.7 Å². The fourth-order valence-electron chi connectivity index (χ4n) is 1.82. The molecule has 0 atom stereocenters. The summed E-state index contributed by atoms with van der Waals surface area (Å²) < 4.78 is 1.89. The molecule has 0 aliphatic heterocycles. The zero-order valence-electron chi connectivity index (χ0n) is 10.4. The maximum absolute atomic E-state index is 8.67. The Hall–Kier alpha value is -2.08. The molecule has 3 nitrogen and oxygen atoms in total. The van der Waals surface area contributed by atoms with Gasteiger partial charge in [0.05, 0.1) is 23.9 Å². The fraction of sp³-hybridized carbons (Fsp3) is 0.286. The Labute approximate surface area is 101 Å². The van der Waals surface area contributed by atoms with Gasteiger partial charge in [-0.25, -0.2) is 4.68 Å². The van der Waals surface area contributed by atoms with E-state index in [4.69, 9.17) is 5.26 Å². The third-order valence-electron chi connectivity index (χ3n) is 2.93. The molecule has 2 rings (SSSR count). The van der Waals surface area contributed by atoms with Crippen molar-refractivity contribution >= 4 is 0 Å². The van der Waals surface area contributed by atoms with Crippen LogP contribution in [0.25, 0.3) is 5.69 Å². The van der Waals surface area contributed by atoms with Crippen LogP contribution in [0, 0.1) is 32.1 Å². The molecular formula is C14H15N3. The summed E-state index contributed by atoms with van der Waals surface area (Å²) in [5, 5.41) is 13.1. The molecule has 0 amide bonds. The highest BCUT2D eigenvalue weighted by molar-refractivity contribution is 5.40. The number of benzene rings is 1. The van der Waals surface area contributed by atoms with Crippen LogP contribution in [0.3, 0.4) is 0 Å². The predicted octanol–water partition coefficient (Wildman–Crippen LogP) is 2.86. The van der Waals surface area contributed by atoms with Gasteiger partial charge in [-0.15, -0.1) is 0 Å². The molecule has 0 fully saturated rings. The van der Waals surface area contributed by atoms with Crippen LogP contribution in [-0.2, 0) is 6.42 Å². The molecule has 2 aromatic rings. The third-order valence-corrected chi connectivity index (χ3v) is 2.93. The molecule has 0 aliphatic rings. The Morgan fingerprint density at radius 2 is 1.94 bits per heavy atom. The second-order valence-corrected chi connectivity index (χ2v) is 4.29. The van der Waals surface area contributed by atoms with Gasteiger partial charge in [0, 0.05) is 5.69 Å². The lowest BCUT2D eigenvalue weighted by Crippen LogP contribution is -2.00. The Morgan fingerprint density at radius 1 is 1.18 bits per heavy atom.